The van der Waals surface area contributed by atoms with Gasteiger partial charge in [0.1, 0.15) is 0 Å². The summed E-state index contributed by atoms with van der Waals surface area (Å²) < 4.78 is 36.9. The van der Waals surface area contributed by atoms with Crippen LogP contribution in [0, 0.1) is 0 Å². The largest absolute Gasteiger partial charge is 0.416 e. The van der Waals surface area contributed by atoms with Gasteiger partial charge in [-0.25, -0.2) is 0 Å². The molecule has 1 unspecified atom stereocenters. The normalized spacial score (nSPS) is 15.8. The Morgan fingerprint density at radius 3 is 2.19 bits per heavy atom. The molecule has 0 bridgehead atoms. The van der Waals surface area contributed by atoms with Gasteiger partial charge in [0, 0.05) is 0 Å². The van der Waals surface area contributed by atoms with E-state index < -0.39 is 11.8 Å². The van der Waals surface area contributed by atoms with Crippen molar-refractivity contribution < 1.29 is 18.3 Å². The Bertz CT molecular complexity index is 317. The van der Waals surface area contributed by atoms with Crippen molar-refractivity contribution in [3.05, 3.63) is 35.9 Å². The minimum atomic E-state index is -4.55. The molecular weight excluding hydrogens is 217 g/mol. The monoisotopic (exact) mass is 232 g/mol. The topological polar surface area (TPSA) is 20.2 Å². The van der Waals surface area contributed by atoms with E-state index in [1.54, 1.807) is 0 Å². The van der Waals surface area contributed by atoms with E-state index in [0.717, 1.165) is 12.5 Å². The van der Waals surface area contributed by atoms with Crippen LogP contribution < -0.4 is 0 Å². The van der Waals surface area contributed by atoms with Gasteiger partial charge in [0.25, 0.3) is 0 Å². The van der Waals surface area contributed by atoms with E-state index in [0.29, 0.717) is 12.8 Å². The molecule has 0 fully saturated rings. The van der Waals surface area contributed by atoms with Crippen molar-refractivity contribution in [3.8, 4) is 0 Å². The van der Waals surface area contributed by atoms with Gasteiger partial charge in [0.05, 0.1) is 0 Å². The fraction of sp³-hybridized carbons (Fsp3) is 0.500. The zero-order valence-corrected chi connectivity index (χ0v) is 9.09. The molecule has 1 N–H and O–H groups in total. The Kier molecular flexibility index (Phi) is 3.97. The summed E-state index contributed by atoms with van der Waals surface area (Å²) in [5.74, 6) is 0. The second-order valence-electron chi connectivity index (χ2n) is 4.11. The standard InChI is InChI=1S/C12H15F3O/c1-11(16,12(13,14)15)9-5-8-10-6-3-2-4-7-10/h2-4,6-7,16H,5,8-9H2,1H3. The van der Waals surface area contributed by atoms with Gasteiger partial charge in [-0.05, 0) is 31.7 Å². The molecule has 0 saturated heterocycles. The van der Waals surface area contributed by atoms with Gasteiger partial charge in [-0.2, -0.15) is 13.2 Å². The third kappa shape index (κ3) is 3.52. The van der Waals surface area contributed by atoms with Gasteiger partial charge in [0.15, 0.2) is 5.60 Å². The third-order valence-electron chi connectivity index (χ3n) is 2.58. The lowest BCUT2D eigenvalue weighted by atomic mass is 9.96. The van der Waals surface area contributed by atoms with Crippen LogP contribution in [0.15, 0.2) is 30.3 Å². The summed E-state index contributed by atoms with van der Waals surface area (Å²) in [7, 11) is 0. The number of benzene rings is 1. The lowest BCUT2D eigenvalue weighted by molar-refractivity contribution is -0.255. The Hall–Kier alpha value is -1.03. The van der Waals surface area contributed by atoms with Crippen LogP contribution in [-0.2, 0) is 6.42 Å². The number of rotatable bonds is 4. The van der Waals surface area contributed by atoms with Crippen LogP contribution in [0.3, 0.4) is 0 Å². The van der Waals surface area contributed by atoms with Crippen LogP contribution in [0.4, 0.5) is 13.2 Å². The highest BCUT2D eigenvalue weighted by molar-refractivity contribution is 5.14. The van der Waals surface area contributed by atoms with Gasteiger partial charge in [0.2, 0.25) is 0 Å². The summed E-state index contributed by atoms with van der Waals surface area (Å²) in [4.78, 5) is 0. The first kappa shape index (κ1) is 13.0. The van der Waals surface area contributed by atoms with E-state index >= 15 is 0 Å². The Labute approximate surface area is 92.9 Å². The number of halogens is 3. The van der Waals surface area contributed by atoms with Crippen molar-refractivity contribution in [3.63, 3.8) is 0 Å². The van der Waals surface area contributed by atoms with Crippen molar-refractivity contribution in [2.45, 2.75) is 38.0 Å². The molecule has 0 heterocycles. The van der Waals surface area contributed by atoms with Gasteiger partial charge in [-0.3, -0.25) is 0 Å². The van der Waals surface area contributed by atoms with Crippen LogP contribution in [0.5, 0.6) is 0 Å². The zero-order valence-electron chi connectivity index (χ0n) is 9.09. The quantitative estimate of drug-likeness (QED) is 0.844. The third-order valence-corrected chi connectivity index (χ3v) is 2.58. The highest BCUT2D eigenvalue weighted by Crippen LogP contribution is 2.33. The van der Waals surface area contributed by atoms with Crippen LogP contribution >= 0.6 is 0 Å². The molecule has 0 radical (unpaired) electrons. The highest BCUT2D eigenvalue weighted by atomic mass is 19.4. The SMILES string of the molecule is CC(O)(CCCc1ccccc1)C(F)(F)F. The minimum absolute atomic E-state index is 0.272. The zero-order chi connectivity index (χ0) is 12.2. The van der Waals surface area contributed by atoms with Crippen LogP contribution in [0.1, 0.15) is 25.3 Å². The Balaban J connectivity index is 2.42. The summed E-state index contributed by atoms with van der Waals surface area (Å²) in [6.07, 6.45) is -3.96. The number of hydrogen-bond acceptors (Lipinski definition) is 1. The molecule has 90 valence electrons. The molecule has 1 aromatic rings. The van der Waals surface area contributed by atoms with E-state index in [-0.39, 0.29) is 6.42 Å². The second kappa shape index (κ2) is 4.87. The first-order valence-corrected chi connectivity index (χ1v) is 5.16. The van der Waals surface area contributed by atoms with E-state index in [4.69, 9.17) is 0 Å². The summed E-state index contributed by atoms with van der Waals surface area (Å²) >= 11 is 0. The highest BCUT2D eigenvalue weighted by Gasteiger charge is 2.48. The Morgan fingerprint density at radius 1 is 1.12 bits per heavy atom. The molecule has 4 heteroatoms. The lowest BCUT2D eigenvalue weighted by Gasteiger charge is -2.26. The maximum absolute atomic E-state index is 12.3. The molecule has 1 atom stereocenters. The molecule has 0 aliphatic heterocycles. The summed E-state index contributed by atoms with van der Waals surface area (Å²) in [5, 5.41) is 9.20. The van der Waals surface area contributed by atoms with Gasteiger partial charge in [-0.1, -0.05) is 30.3 Å². The second-order valence-corrected chi connectivity index (χ2v) is 4.11. The van der Waals surface area contributed by atoms with Gasteiger partial charge in [-0.15, -0.1) is 0 Å². The van der Waals surface area contributed by atoms with Crippen molar-refractivity contribution in [2.24, 2.45) is 0 Å². The van der Waals surface area contributed by atoms with E-state index in [9.17, 15) is 18.3 Å². The van der Waals surface area contributed by atoms with E-state index in [1.165, 1.54) is 0 Å². The van der Waals surface area contributed by atoms with Crippen LogP contribution in [-0.4, -0.2) is 16.9 Å². The van der Waals surface area contributed by atoms with Crippen molar-refractivity contribution >= 4 is 0 Å². The van der Waals surface area contributed by atoms with Gasteiger partial charge >= 0.3 is 6.18 Å². The minimum Gasteiger partial charge on any atom is -0.381 e. The molecule has 0 aliphatic rings. The number of alkyl halides is 3. The maximum Gasteiger partial charge on any atom is 0.416 e. The first-order valence-electron chi connectivity index (χ1n) is 5.16. The Morgan fingerprint density at radius 2 is 1.69 bits per heavy atom. The predicted octanol–water partition coefficient (Wildman–Crippen LogP) is 3.32. The number of aryl methyl sites for hydroxylation is 1. The van der Waals surface area contributed by atoms with Gasteiger partial charge < -0.3 is 5.11 Å². The molecule has 1 nitrogen and oxygen atoms in total. The molecular formula is C12H15F3O. The fourth-order valence-corrected chi connectivity index (χ4v) is 1.42. The van der Waals surface area contributed by atoms with Crippen molar-refractivity contribution in [1.29, 1.82) is 0 Å². The molecule has 0 saturated carbocycles. The molecule has 0 spiro atoms. The molecule has 0 aromatic heterocycles. The summed E-state index contributed by atoms with van der Waals surface area (Å²) in [6, 6.07) is 9.27. The average Bonchev–Trinajstić information content (AvgIpc) is 2.17. The van der Waals surface area contributed by atoms with E-state index in [1.807, 2.05) is 30.3 Å². The number of hydrogen-bond donors (Lipinski definition) is 1. The van der Waals surface area contributed by atoms with Crippen molar-refractivity contribution in [1.82, 2.24) is 0 Å². The molecule has 0 aliphatic carbocycles. The smallest absolute Gasteiger partial charge is 0.381 e. The fourth-order valence-electron chi connectivity index (χ4n) is 1.42. The molecule has 0 amide bonds. The number of aliphatic hydroxyl groups is 1. The van der Waals surface area contributed by atoms with Crippen LogP contribution in [0.25, 0.3) is 0 Å². The van der Waals surface area contributed by atoms with Crippen molar-refractivity contribution in [2.75, 3.05) is 0 Å². The average molecular weight is 232 g/mol. The summed E-state index contributed by atoms with van der Waals surface area (Å²) in [5.41, 5.74) is -1.60. The lowest BCUT2D eigenvalue weighted by Crippen LogP contribution is -2.42. The van der Waals surface area contributed by atoms with Crippen LogP contribution in [0.2, 0.25) is 0 Å². The summed E-state index contributed by atoms with van der Waals surface area (Å²) in [6.45, 7) is 0.817. The predicted molar refractivity (Wildman–Crippen MR) is 56.1 cm³/mol. The molecule has 16 heavy (non-hydrogen) atoms. The molecule has 1 rings (SSSR count). The maximum atomic E-state index is 12.3. The molecule has 1 aromatic carbocycles. The van der Waals surface area contributed by atoms with E-state index in [2.05, 4.69) is 0 Å². The first-order chi connectivity index (χ1) is 7.33.